The maximum Gasteiger partial charge on any atom is 0.211 e. The predicted octanol–water partition coefficient (Wildman–Crippen LogP) is 1.78. The number of guanidine groups is 1. The molecule has 0 amide bonds. The van der Waals surface area contributed by atoms with Gasteiger partial charge in [-0.05, 0) is 24.0 Å². The Labute approximate surface area is 148 Å². The van der Waals surface area contributed by atoms with E-state index in [1.165, 1.54) is 0 Å². The third-order valence-electron chi connectivity index (χ3n) is 3.79. The minimum Gasteiger partial charge on any atom is -0.397 e. The summed E-state index contributed by atoms with van der Waals surface area (Å²) in [6.45, 7) is 0. The number of nitrogen functional groups attached to an aromatic ring is 2. The van der Waals surface area contributed by atoms with Crippen LogP contribution in [0.1, 0.15) is 22.7 Å². The Balaban J connectivity index is 2.19. The van der Waals surface area contributed by atoms with Gasteiger partial charge in [0.15, 0.2) is 6.19 Å². The van der Waals surface area contributed by atoms with Gasteiger partial charge in [-0.3, -0.25) is 5.32 Å². The van der Waals surface area contributed by atoms with E-state index in [0.29, 0.717) is 11.4 Å². The molecular formula is C16H14N8S. The predicted molar refractivity (Wildman–Crippen MR) is 97.6 cm³/mol. The zero-order chi connectivity index (χ0) is 18.0. The number of aromatic nitrogens is 1. The molecule has 8 nitrogen and oxygen atoms in total. The van der Waals surface area contributed by atoms with Crippen molar-refractivity contribution in [2.45, 2.75) is 10.9 Å². The van der Waals surface area contributed by atoms with Crippen molar-refractivity contribution in [3.05, 3.63) is 41.0 Å². The molecule has 1 aromatic heterocycles. The van der Waals surface area contributed by atoms with Crippen LogP contribution in [0.5, 0.6) is 0 Å². The normalized spacial score (nSPS) is 15.2. The molecule has 1 aromatic carbocycles. The Hall–Kier alpha value is -3.43. The van der Waals surface area contributed by atoms with E-state index < -0.39 is 6.04 Å². The highest BCUT2D eigenvalue weighted by Gasteiger charge is 2.29. The fraction of sp³-hybridized carbons (Fsp3) is 0.125. The number of rotatable bonds is 2. The summed E-state index contributed by atoms with van der Waals surface area (Å²) in [6, 6.07) is 9.28. The molecule has 1 unspecified atom stereocenters. The zero-order valence-corrected chi connectivity index (χ0v) is 14.1. The smallest absolute Gasteiger partial charge is 0.211 e. The number of nitrogens with two attached hydrogens (primary N) is 2. The van der Waals surface area contributed by atoms with Crippen molar-refractivity contribution in [2.75, 3.05) is 23.0 Å². The lowest BCUT2D eigenvalue weighted by molar-refractivity contribution is 0.845. The van der Waals surface area contributed by atoms with Crippen LogP contribution in [-0.2, 0) is 0 Å². The van der Waals surface area contributed by atoms with Crippen molar-refractivity contribution < 1.29 is 0 Å². The van der Waals surface area contributed by atoms with Crippen LogP contribution in [-0.4, -0.2) is 17.2 Å². The number of benzene rings is 1. The van der Waals surface area contributed by atoms with Crippen LogP contribution in [0.25, 0.3) is 0 Å². The fourth-order valence-electron chi connectivity index (χ4n) is 2.61. The molecule has 124 valence electrons. The maximum atomic E-state index is 9.30. The Bertz CT molecular complexity index is 937. The van der Waals surface area contributed by atoms with Crippen LogP contribution < -0.4 is 22.1 Å². The summed E-state index contributed by atoms with van der Waals surface area (Å²) in [5.74, 6) is 0.645. The Morgan fingerprint density at radius 2 is 1.96 bits per heavy atom. The summed E-state index contributed by atoms with van der Waals surface area (Å²) in [6.07, 6.45) is 3.81. The molecule has 0 spiro atoms. The van der Waals surface area contributed by atoms with Crippen LogP contribution in [0.2, 0.25) is 0 Å². The second kappa shape index (κ2) is 6.59. The number of anilines is 3. The van der Waals surface area contributed by atoms with E-state index in [-0.39, 0.29) is 23.0 Å². The van der Waals surface area contributed by atoms with E-state index >= 15 is 0 Å². The quantitative estimate of drug-likeness (QED) is 0.364. The first kappa shape index (κ1) is 16.4. The van der Waals surface area contributed by atoms with E-state index in [1.807, 2.05) is 42.8 Å². The fourth-order valence-corrected chi connectivity index (χ4v) is 3.02. The summed E-state index contributed by atoms with van der Waals surface area (Å²) in [4.78, 5) is 9.83. The van der Waals surface area contributed by atoms with E-state index in [2.05, 4.69) is 20.6 Å². The van der Waals surface area contributed by atoms with Gasteiger partial charge in [-0.2, -0.15) is 10.5 Å². The highest BCUT2D eigenvalue weighted by atomic mass is 32.2. The van der Waals surface area contributed by atoms with E-state index in [1.54, 1.807) is 11.8 Å². The molecule has 3 rings (SSSR count). The highest BCUT2D eigenvalue weighted by molar-refractivity contribution is 7.98. The molecule has 0 fully saturated rings. The van der Waals surface area contributed by atoms with Crippen molar-refractivity contribution in [2.24, 2.45) is 4.99 Å². The van der Waals surface area contributed by atoms with Crippen LogP contribution in [0.3, 0.4) is 0 Å². The summed E-state index contributed by atoms with van der Waals surface area (Å²) in [7, 11) is 0. The first-order valence-electron chi connectivity index (χ1n) is 7.21. The third-order valence-corrected chi connectivity index (χ3v) is 4.53. The van der Waals surface area contributed by atoms with Crippen LogP contribution in [0, 0.1) is 22.8 Å². The van der Waals surface area contributed by atoms with Gasteiger partial charge in [-0.25, -0.2) is 9.98 Å². The molecule has 1 aliphatic heterocycles. The summed E-state index contributed by atoms with van der Waals surface area (Å²) < 4.78 is 0. The molecule has 0 bridgehead atoms. The van der Waals surface area contributed by atoms with Gasteiger partial charge in [0.05, 0.1) is 5.69 Å². The van der Waals surface area contributed by atoms with Gasteiger partial charge in [0.2, 0.25) is 5.96 Å². The number of fused-ring (bicyclic) bond motifs is 1. The minimum atomic E-state index is -0.511. The van der Waals surface area contributed by atoms with Gasteiger partial charge in [0.25, 0.3) is 0 Å². The van der Waals surface area contributed by atoms with Crippen molar-refractivity contribution in [1.29, 1.82) is 10.5 Å². The zero-order valence-electron chi connectivity index (χ0n) is 13.2. The van der Waals surface area contributed by atoms with Gasteiger partial charge in [0.1, 0.15) is 29.3 Å². The van der Waals surface area contributed by atoms with Gasteiger partial charge in [-0.1, -0.05) is 12.1 Å². The third kappa shape index (κ3) is 2.89. The van der Waals surface area contributed by atoms with Gasteiger partial charge in [-0.15, -0.1) is 11.8 Å². The summed E-state index contributed by atoms with van der Waals surface area (Å²) in [5, 5.41) is 23.5. The van der Waals surface area contributed by atoms with Crippen molar-refractivity contribution >= 4 is 35.0 Å². The number of aliphatic imine (C=N–C) groups is 1. The second-order valence-corrected chi connectivity index (χ2v) is 6.05. The SMILES string of the molecule is CSc1ccc(C2N=C(NC#N)Nc3nc(N)c(C#N)c(N)c32)cc1. The molecule has 9 heteroatoms. The van der Waals surface area contributed by atoms with E-state index in [9.17, 15) is 5.26 Å². The Morgan fingerprint density at radius 1 is 1.24 bits per heavy atom. The molecule has 1 atom stereocenters. The lowest BCUT2D eigenvalue weighted by Crippen LogP contribution is -2.32. The van der Waals surface area contributed by atoms with Crippen LogP contribution >= 0.6 is 11.8 Å². The average molecular weight is 350 g/mol. The molecule has 0 aliphatic carbocycles. The molecule has 25 heavy (non-hydrogen) atoms. The molecule has 0 saturated carbocycles. The largest absolute Gasteiger partial charge is 0.397 e. The van der Waals surface area contributed by atoms with Crippen molar-refractivity contribution in [3.8, 4) is 12.3 Å². The molecule has 0 saturated heterocycles. The Kier molecular flexibility index (Phi) is 4.33. The lowest BCUT2D eigenvalue weighted by atomic mass is 9.95. The maximum absolute atomic E-state index is 9.30. The number of hydrogen-bond donors (Lipinski definition) is 4. The van der Waals surface area contributed by atoms with E-state index in [4.69, 9.17) is 16.7 Å². The molecular weight excluding hydrogens is 336 g/mol. The summed E-state index contributed by atoms with van der Waals surface area (Å²) in [5.41, 5.74) is 13.8. The van der Waals surface area contributed by atoms with Crippen LogP contribution in [0.15, 0.2) is 34.2 Å². The topological polar surface area (TPSA) is 149 Å². The number of nitrogens with one attached hydrogen (secondary N) is 2. The molecule has 2 aromatic rings. The number of pyridine rings is 1. The number of nitrogens with zero attached hydrogens (tertiary/aromatic N) is 4. The molecule has 1 aliphatic rings. The summed E-state index contributed by atoms with van der Waals surface area (Å²) >= 11 is 1.63. The first-order chi connectivity index (χ1) is 12.1. The number of hydrogen-bond acceptors (Lipinski definition) is 9. The monoisotopic (exact) mass is 350 g/mol. The van der Waals surface area contributed by atoms with Gasteiger partial charge >= 0.3 is 0 Å². The Morgan fingerprint density at radius 3 is 2.56 bits per heavy atom. The highest BCUT2D eigenvalue weighted by Crippen LogP contribution is 2.40. The molecule has 6 N–H and O–H groups in total. The van der Waals surface area contributed by atoms with Crippen molar-refractivity contribution in [1.82, 2.24) is 10.3 Å². The number of nitriles is 2. The molecule has 0 radical (unpaired) electrons. The van der Waals surface area contributed by atoms with Crippen LogP contribution in [0.4, 0.5) is 17.3 Å². The number of thioether (sulfide) groups is 1. The van der Waals surface area contributed by atoms with Gasteiger partial charge < -0.3 is 16.8 Å². The second-order valence-electron chi connectivity index (χ2n) is 5.18. The molecule has 2 heterocycles. The first-order valence-corrected chi connectivity index (χ1v) is 8.44. The van der Waals surface area contributed by atoms with E-state index in [0.717, 1.165) is 10.5 Å². The average Bonchev–Trinajstić information content (AvgIpc) is 2.61. The lowest BCUT2D eigenvalue weighted by Gasteiger charge is -2.26. The van der Waals surface area contributed by atoms with Gasteiger partial charge in [0, 0.05) is 10.5 Å². The van der Waals surface area contributed by atoms with Crippen molar-refractivity contribution in [3.63, 3.8) is 0 Å². The standard InChI is InChI=1S/C16H14N8S/c1-25-9-4-2-8(3-5-9)13-11-12(19)10(6-17)14(20)23-15(11)24-16(22-13)21-7-18/h2-5,13H,1H3,(H6,19,20,21,22,23,24). The minimum absolute atomic E-state index is 0.0286.